The molecule has 2 unspecified atom stereocenters. The smallest absolute Gasteiger partial charge is 0.147 e. The van der Waals surface area contributed by atoms with Gasteiger partial charge in [0, 0.05) is 12.1 Å². The van der Waals surface area contributed by atoms with Crippen LogP contribution in [-0.2, 0) is 6.61 Å². The van der Waals surface area contributed by atoms with Gasteiger partial charge in [-0.15, -0.1) is 0 Å². The van der Waals surface area contributed by atoms with Gasteiger partial charge in [0.25, 0.3) is 0 Å². The lowest BCUT2D eigenvalue weighted by molar-refractivity contribution is 0.126. The van der Waals surface area contributed by atoms with Crippen molar-refractivity contribution in [3.8, 4) is 0 Å². The average molecular weight is 235 g/mol. The Morgan fingerprint density at radius 2 is 1.94 bits per heavy atom. The molecule has 2 N–H and O–H groups in total. The summed E-state index contributed by atoms with van der Waals surface area (Å²) in [5.74, 6) is 0.843. The molecule has 2 bridgehead atoms. The topological polar surface area (TPSA) is 69.5 Å². The zero-order chi connectivity index (χ0) is 11.8. The zero-order valence-electron chi connectivity index (χ0n) is 9.66. The van der Waals surface area contributed by atoms with Gasteiger partial charge in [0.05, 0.1) is 30.8 Å². The first-order chi connectivity index (χ1) is 8.28. The Balaban J connectivity index is 1.89. The van der Waals surface area contributed by atoms with E-state index in [4.69, 9.17) is 5.11 Å². The minimum Gasteiger partial charge on any atom is -0.393 e. The SMILES string of the molecule is OCc1cncc(N2C3CCC2CC(O)C3)n1. The third kappa shape index (κ3) is 1.89. The molecule has 1 aromatic rings. The molecule has 5 heteroatoms. The van der Waals surface area contributed by atoms with Crippen LogP contribution in [0.4, 0.5) is 5.82 Å². The summed E-state index contributed by atoms with van der Waals surface area (Å²) >= 11 is 0. The molecule has 3 rings (SSSR count). The summed E-state index contributed by atoms with van der Waals surface area (Å²) in [6.45, 7) is -0.0767. The zero-order valence-corrected chi connectivity index (χ0v) is 9.66. The standard InChI is InChI=1S/C12H17N3O2/c16-7-8-5-13-6-12(14-8)15-9-1-2-10(15)4-11(17)3-9/h5-6,9-11,16-17H,1-4,7H2. The van der Waals surface area contributed by atoms with Crippen LogP contribution in [0.3, 0.4) is 0 Å². The first-order valence-electron chi connectivity index (χ1n) is 6.16. The molecule has 0 saturated carbocycles. The van der Waals surface area contributed by atoms with E-state index < -0.39 is 0 Å². The van der Waals surface area contributed by atoms with Gasteiger partial charge in [-0.05, 0) is 25.7 Å². The highest BCUT2D eigenvalue weighted by Gasteiger charge is 2.40. The number of aliphatic hydroxyl groups is 2. The van der Waals surface area contributed by atoms with E-state index in [-0.39, 0.29) is 12.7 Å². The number of aromatic nitrogens is 2. The number of aliphatic hydroxyl groups excluding tert-OH is 2. The van der Waals surface area contributed by atoms with E-state index in [1.165, 1.54) is 0 Å². The van der Waals surface area contributed by atoms with E-state index in [0.29, 0.717) is 17.8 Å². The molecule has 1 aromatic heterocycles. The third-order valence-electron chi connectivity index (χ3n) is 3.81. The highest BCUT2D eigenvalue weighted by atomic mass is 16.3. The van der Waals surface area contributed by atoms with Crippen LogP contribution in [0.25, 0.3) is 0 Å². The van der Waals surface area contributed by atoms with Gasteiger partial charge in [0.2, 0.25) is 0 Å². The van der Waals surface area contributed by atoms with Gasteiger partial charge in [0.15, 0.2) is 0 Å². The first-order valence-corrected chi connectivity index (χ1v) is 6.16. The quantitative estimate of drug-likeness (QED) is 0.779. The van der Waals surface area contributed by atoms with Crippen molar-refractivity contribution in [2.75, 3.05) is 4.90 Å². The Labute approximate surface area is 100 Å². The molecular weight excluding hydrogens is 218 g/mol. The van der Waals surface area contributed by atoms with Crippen molar-refractivity contribution >= 4 is 5.82 Å². The molecule has 17 heavy (non-hydrogen) atoms. The molecule has 2 saturated heterocycles. The van der Waals surface area contributed by atoms with Gasteiger partial charge in [-0.3, -0.25) is 4.98 Å². The molecule has 0 aromatic carbocycles. The van der Waals surface area contributed by atoms with Gasteiger partial charge < -0.3 is 15.1 Å². The summed E-state index contributed by atoms with van der Waals surface area (Å²) < 4.78 is 0. The van der Waals surface area contributed by atoms with Crippen molar-refractivity contribution in [3.63, 3.8) is 0 Å². The Bertz CT molecular complexity index is 398. The van der Waals surface area contributed by atoms with E-state index in [0.717, 1.165) is 31.5 Å². The van der Waals surface area contributed by atoms with E-state index >= 15 is 0 Å². The van der Waals surface area contributed by atoms with Gasteiger partial charge >= 0.3 is 0 Å². The predicted octanol–water partition coefficient (Wildman–Crippen LogP) is 0.461. The Hall–Kier alpha value is -1.20. The van der Waals surface area contributed by atoms with E-state index in [9.17, 15) is 5.11 Å². The summed E-state index contributed by atoms with van der Waals surface area (Å²) in [5.41, 5.74) is 0.605. The van der Waals surface area contributed by atoms with Crippen molar-refractivity contribution in [3.05, 3.63) is 18.1 Å². The molecule has 2 atom stereocenters. The third-order valence-corrected chi connectivity index (χ3v) is 3.81. The maximum Gasteiger partial charge on any atom is 0.147 e. The summed E-state index contributed by atoms with van der Waals surface area (Å²) in [5, 5.41) is 18.8. The fraction of sp³-hybridized carbons (Fsp3) is 0.667. The van der Waals surface area contributed by atoms with Crippen molar-refractivity contribution in [2.24, 2.45) is 0 Å². The van der Waals surface area contributed by atoms with Crippen LogP contribution in [0.1, 0.15) is 31.4 Å². The number of anilines is 1. The highest BCUT2D eigenvalue weighted by molar-refractivity contribution is 5.42. The number of fused-ring (bicyclic) bond motifs is 2. The minimum atomic E-state index is -0.169. The van der Waals surface area contributed by atoms with Crippen molar-refractivity contribution in [2.45, 2.75) is 50.5 Å². The minimum absolute atomic E-state index is 0.0767. The Morgan fingerprint density at radius 1 is 1.24 bits per heavy atom. The normalized spacial score (nSPS) is 31.9. The summed E-state index contributed by atoms with van der Waals surface area (Å²) in [4.78, 5) is 10.8. The van der Waals surface area contributed by atoms with Gasteiger partial charge in [-0.1, -0.05) is 0 Å². The van der Waals surface area contributed by atoms with E-state index in [2.05, 4.69) is 14.9 Å². The molecule has 0 aliphatic carbocycles. The van der Waals surface area contributed by atoms with Crippen molar-refractivity contribution in [1.29, 1.82) is 0 Å². The number of nitrogens with zero attached hydrogens (tertiary/aromatic N) is 3. The molecule has 3 heterocycles. The average Bonchev–Trinajstić information content (AvgIpc) is 2.62. The van der Waals surface area contributed by atoms with Crippen molar-refractivity contribution in [1.82, 2.24) is 9.97 Å². The van der Waals surface area contributed by atoms with Gasteiger partial charge in [-0.2, -0.15) is 0 Å². The van der Waals surface area contributed by atoms with Crippen LogP contribution in [0.5, 0.6) is 0 Å². The monoisotopic (exact) mass is 235 g/mol. The second-order valence-corrected chi connectivity index (χ2v) is 4.94. The van der Waals surface area contributed by atoms with Crippen molar-refractivity contribution < 1.29 is 10.2 Å². The van der Waals surface area contributed by atoms with Crippen LogP contribution in [0, 0.1) is 0 Å². The molecular formula is C12H17N3O2. The van der Waals surface area contributed by atoms with Crippen LogP contribution >= 0.6 is 0 Å². The van der Waals surface area contributed by atoms with Crippen LogP contribution in [0.15, 0.2) is 12.4 Å². The molecule has 0 radical (unpaired) electrons. The molecule has 92 valence electrons. The maximum absolute atomic E-state index is 9.75. The predicted molar refractivity (Wildman–Crippen MR) is 62.5 cm³/mol. The Kier molecular flexibility index (Phi) is 2.72. The van der Waals surface area contributed by atoms with E-state index in [1.807, 2.05) is 0 Å². The fourth-order valence-corrected chi connectivity index (χ4v) is 3.12. The summed E-state index contributed by atoms with van der Waals surface area (Å²) in [6.07, 6.45) is 7.05. The van der Waals surface area contributed by atoms with E-state index in [1.54, 1.807) is 12.4 Å². The maximum atomic E-state index is 9.75. The van der Waals surface area contributed by atoms with Crippen LogP contribution in [0.2, 0.25) is 0 Å². The molecule has 5 nitrogen and oxygen atoms in total. The molecule has 0 spiro atoms. The lowest BCUT2D eigenvalue weighted by atomic mass is 10.00. The molecule has 2 fully saturated rings. The molecule has 2 aliphatic heterocycles. The Morgan fingerprint density at radius 3 is 2.59 bits per heavy atom. The van der Waals surface area contributed by atoms with Crippen LogP contribution < -0.4 is 4.90 Å². The number of hydrogen-bond acceptors (Lipinski definition) is 5. The second-order valence-electron chi connectivity index (χ2n) is 4.94. The fourth-order valence-electron chi connectivity index (χ4n) is 3.12. The number of rotatable bonds is 2. The van der Waals surface area contributed by atoms with Gasteiger partial charge in [-0.25, -0.2) is 4.98 Å². The van der Waals surface area contributed by atoms with Crippen LogP contribution in [-0.4, -0.2) is 38.4 Å². The molecule has 2 aliphatic rings. The second kappa shape index (κ2) is 4.23. The van der Waals surface area contributed by atoms with Gasteiger partial charge in [0.1, 0.15) is 5.82 Å². The largest absolute Gasteiger partial charge is 0.393 e. The lowest BCUT2D eigenvalue weighted by Gasteiger charge is -2.37. The lowest BCUT2D eigenvalue weighted by Crippen LogP contribution is -2.45. The highest BCUT2D eigenvalue weighted by Crippen LogP contribution is 2.38. The first kappa shape index (κ1) is 10.9. The molecule has 0 amide bonds. The summed E-state index contributed by atoms with van der Waals surface area (Å²) in [7, 11) is 0. The number of hydrogen-bond donors (Lipinski definition) is 2. The summed E-state index contributed by atoms with van der Waals surface area (Å²) in [6, 6.07) is 0.763. The number of piperidine rings is 1.